The Hall–Kier alpha value is -2.63. The summed E-state index contributed by atoms with van der Waals surface area (Å²) >= 11 is 0. The fourth-order valence-corrected chi connectivity index (χ4v) is 10.6. The van der Waals surface area contributed by atoms with Crippen LogP contribution >= 0.6 is 0 Å². The summed E-state index contributed by atoms with van der Waals surface area (Å²) in [5.74, 6) is -0.881. The first kappa shape index (κ1) is 76.4. The fraction of sp³-hybridized carbons (Fsp3) is 0.849. The molecule has 1 atom stereocenters. The Morgan fingerprint density at radius 3 is 0.785 bits per heavy atom. The summed E-state index contributed by atoms with van der Waals surface area (Å²) in [5.41, 5.74) is 0. The zero-order valence-electron chi connectivity index (χ0n) is 53.2. The smallest absolute Gasteiger partial charge is 0.306 e. The summed E-state index contributed by atoms with van der Waals surface area (Å²) in [6.45, 7) is 6.57. The van der Waals surface area contributed by atoms with Crippen molar-refractivity contribution >= 4 is 17.9 Å². The van der Waals surface area contributed by atoms with Crippen LogP contribution in [0.3, 0.4) is 0 Å². The fourth-order valence-electron chi connectivity index (χ4n) is 10.6. The first-order chi connectivity index (χ1) is 39.0. The van der Waals surface area contributed by atoms with E-state index in [1.54, 1.807) is 0 Å². The van der Waals surface area contributed by atoms with Crippen LogP contribution in [0.5, 0.6) is 0 Å². The summed E-state index contributed by atoms with van der Waals surface area (Å²) in [6, 6.07) is 0. The van der Waals surface area contributed by atoms with Crippen LogP contribution < -0.4 is 0 Å². The number of ether oxygens (including phenoxy) is 3. The number of rotatable bonds is 65. The zero-order valence-corrected chi connectivity index (χ0v) is 53.2. The van der Waals surface area contributed by atoms with Crippen LogP contribution in [-0.2, 0) is 28.6 Å². The highest BCUT2D eigenvalue weighted by atomic mass is 16.6. The molecular formula is C73H134O6. The van der Waals surface area contributed by atoms with E-state index in [0.717, 1.165) is 109 Å². The Kier molecular flexibility index (Phi) is 65.6. The second kappa shape index (κ2) is 67.9. The van der Waals surface area contributed by atoms with Gasteiger partial charge >= 0.3 is 17.9 Å². The summed E-state index contributed by atoms with van der Waals surface area (Å²) in [7, 11) is 0. The molecule has 0 saturated carbocycles. The van der Waals surface area contributed by atoms with E-state index in [1.807, 2.05) is 0 Å². The van der Waals surface area contributed by atoms with Gasteiger partial charge in [0.05, 0.1) is 0 Å². The van der Waals surface area contributed by atoms with Gasteiger partial charge in [-0.15, -0.1) is 0 Å². The van der Waals surface area contributed by atoms with E-state index in [0.29, 0.717) is 19.3 Å². The minimum atomic E-state index is -0.784. The van der Waals surface area contributed by atoms with E-state index >= 15 is 0 Å². The second-order valence-corrected chi connectivity index (χ2v) is 23.8. The van der Waals surface area contributed by atoms with E-state index < -0.39 is 6.10 Å². The number of unbranched alkanes of at least 4 members (excludes halogenated alkanes) is 46. The van der Waals surface area contributed by atoms with Crippen molar-refractivity contribution in [2.45, 2.75) is 386 Å². The molecule has 0 aromatic heterocycles. The number of hydrogen-bond donors (Lipinski definition) is 0. The van der Waals surface area contributed by atoms with E-state index in [4.69, 9.17) is 14.2 Å². The quantitative estimate of drug-likeness (QED) is 0.0261. The third kappa shape index (κ3) is 66.1. The number of hydrogen-bond acceptors (Lipinski definition) is 6. The lowest BCUT2D eigenvalue weighted by Gasteiger charge is -2.18. The maximum absolute atomic E-state index is 12.9. The molecule has 0 radical (unpaired) electrons. The van der Waals surface area contributed by atoms with Gasteiger partial charge in [-0.05, 0) is 77.0 Å². The molecule has 0 aromatic carbocycles. The van der Waals surface area contributed by atoms with Gasteiger partial charge in [0.2, 0.25) is 0 Å². The molecule has 0 spiro atoms. The van der Waals surface area contributed by atoms with Gasteiger partial charge in [-0.25, -0.2) is 0 Å². The molecule has 79 heavy (non-hydrogen) atoms. The molecule has 0 saturated heterocycles. The molecule has 0 N–H and O–H groups in total. The van der Waals surface area contributed by atoms with Crippen LogP contribution in [0.25, 0.3) is 0 Å². The van der Waals surface area contributed by atoms with Gasteiger partial charge in [0.25, 0.3) is 0 Å². The predicted molar refractivity (Wildman–Crippen MR) is 344 cm³/mol. The first-order valence-electron chi connectivity index (χ1n) is 35.1. The van der Waals surface area contributed by atoms with E-state index in [2.05, 4.69) is 69.4 Å². The Morgan fingerprint density at radius 2 is 0.494 bits per heavy atom. The Labute approximate surface area is 492 Å². The molecule has 0 heterocycles. The summed E-state index contributed by atoms with van der Waals surface area (Å²) in [4.78, 5) is 38.4. The lowest BCUT2D eigenvalue weighted by Crippen LogP contribution is -2.30. The Bertz CT molecular complexity index is 1360. The molecular weight excluding hydrogens is 973 g/mol. The van der Waals surface area contributed by atoms with Gasteiger partial charge in [0, 0.05) is 19.3 Å². The first-order valence-corrected chi connectivity index (χ1v) is 35.1. The minimum Gasteiger partial charge on any atom is -0.462 e. The van der Waals surface area contributed by atoms with Crippen molar-refractivity contribution in [3.63, 3.8) is 0 Å². The molecule has 0 amide bonds. The lowest BCUT2D eigenvalue weighted by atomic mass is 10.0. The molecule has 0 bridgehead atoms. The van der Waals surface area contributed by atoms with E-state index in [1.165, 1.54) is 231 Å². The molecule has 0 rings (SSSR count). The van der Waals surface area contributed by atoms with Crippen molar-refractivity contribution in [2.24, 2.45) is 0 Å². The van der Waals surface area contributed by atoms with Gasteiger partial charge in [-0.3, -0.25) is 14.4 Å². The van der Waals surface area contributed by atoms with Crippen molar-refractivity contribution in [3.05, 3.63) is 48.6 Å². The van der Waals surface area contributed by atoms with Gasteiger partial charge in [0.15, 0.2) is 6.10 Å². The summed E-state index contributed by atoms with van der Waals surface area (Å²) in [5, 5.41) is 0. The third-order valence-corrected chi connectivity index (χ3v) is 15.8. The topological polar surface area (TPSA) is 78.9 Å². The average molecular weight is 1110 g/mol. The molecule has 0 aliphatic carbocycles. The molecule has 0 fully saturated rings. The van der Waals surface area contributed by atoms with Crippen molar-refractivity contribution < 1.29 is 28.6 Å². The van der Waals surface area contributed by atoms with E-state index in [9.17, 15) is 14.4 Å². The highest BCUT2D eigenvalue weighted by Gasteiger charge is 2.19. The van der Waals surface area contributed by atoms with Crippen LogP contribution in [0.4, 0.5) is 0 Å². The molecule has 462 valence electrons. The Balaban J connectivity index is 4.18. The Morgan fingerprint density at radius 1 is 0.266 bits per heavy atom. The van der Waals surface area contributed by atoms with Crippen LogP contribution in [0.15, 0.2) is 48.6 Å². The number of allylic oxidation sites excluding steroid dienone is 8. The summed E-state index contributed by atoms with van der Waals surface area (Å²) < 4.78 is 16.9. The van der Waals surface area contributed by atoms with Crippen molar-refractivity contribution in [1.29, 1.82) is 0 Å². The highest BCUT2D eigenvalue weighted by molar-refractivity contribution is 5.71. The van der Waals surface area contributed by atoms with Crippen LogP contribution in [0, 0.1) is 0 Å². The van der Waals surface area contributed by atoms with Crippen molar-refractivity contribution in [1.82, 2.24) is 0 Å². The van der Waals surface area contributed by atoms with Gasteiger partial charge in [-0.1, -0.05) is 333 Å². The predicted octanol–water partition coefficient (Wildman–Crippen LogP) is 24.1. The average Bonchev–Trinajstić information content (AvgIpc) is 3.45. The van der Waals surface area contributed by atoms with Gasteiger partial charge < -0.3 is 14.2 Å². The molecule has 0 aromatic rings. The maximum atomic E-state index is 12.9. The molecule has 6 heteroatoms. The molecule has 0 aliphatic rings. The minimum absolute atomic E-state index is 0.0784. The monoisotopic (exact) mass is 1110 g/mol. The van der Waals surface area contributed by atoms with Crippen LogP contribution in [0.1, 0.15) is 380 Å². The van der Waals surface area contributed by atoms with Crippen LogP contribution in [0.2, 0.25) is 0 Å². The standard InChI is InChI=1S/C73H134O6/c1-4-7-10-13-16-19-22-25-28-30-31-32-33-34-35-36-37-38-39-40-41-42-43-46-48-51-54-57-60-63-66-72(75)78-69-70(68-77-71(74)65-62-59-56-53-50-47-44-27-24-21-18-15-12-9-6-3)79-73(76)67-64-61-58-55-52-49-45-29-26-23-20-17-14-11-8-5-2/h9,12,18,21,27,29,44-45,70H,4-8,10-11,13-17,19-20,22-26,28,30-43,46-69H2,1-3H3/b12-9-,21-18-,44-27-,45-29-. The molecule has 1 unspecified atom stereocenters. The number of carbonyl (C=O) groups excluding carboxylic acids is 3. The van der Waals surface area contributed by atoms with Crippen molar-refractivity contribution in [2.75, 3.05) is 13.2 Å². The second-order valence-electron chi connectivity index (χ2n) is 23.8. The maximum Gasteiger partial charge on any atom is 0.306 e. The van der Waals surface area contributed by atoms with Crippen molar-refractivity contribution in [3.8, 4) is 0 Å². The third-order valence-electron chi connectivity index (χ3n) is 15.8. The summed E-state index contributed by atoms with van der Waals surface area (Å²) in [6.07, 6.45) is 85.8. The highest BCUT2D eigenvalue weighted by Crippen LogP contribution is 2.18. The number of carbonyl (C=O) groups is 3. The largest absolute Gasteiger partial charge is 0.462 e. The van der Waals surface area contributed by atoms with Gasteiger partial charge in [0.1, 0.15) is 13.2 Å². The van der Waals surface area contributed by atoms with E-state index in [-0.39, 0.29) is 31.1 Å². The number of esters is 3. The normalized spacial score (nSPS) is 12.3. The van der Waals surface area contributed by atoms with Crippen LogP contribution in [-0.4, -0.2) is 37.2 Å². The SMILES string of the molecule is CC/C=C\C/C=C\C/C=C\CCCCCCCC(=O)OCC(COC(=O)CCCCCCCCCCCCCCCCCCCCCCCCCCCCCCCC)OC(=O)CCCCCCC/C=C\CCCCCCCCC. The van der Waals surface area contributed by atoms with Gasteiger partial charge in [-0.2, -0.15) is 0 Å². The molecule has 6 nitrogen and oxygen atoms in total. The molecule has 0 aliphatic heterocycles. The lowest BCUT2D eigenvalue weighted by molar-refractivity contribution is -0.167. The zero-order chi connectivity index (χ0) is 57.1.